The number of nitrogens with zero attached hydrogens (tertiary/aromatic N) is 7. The SMILES string of the molecule is O=C(CC1CCCCC1)N1CCN(c2ncnc3c2nnn3-c2cccc(F)c2)CC1. The zero-order valence-electron chi connectivity index (χ0n) is 17.5. The molecule has 2 aliphatic rings. The lowest BCUT2D eigenvalue weighted by atomic mass is 9.86. The van der Waals surface area contributed by atoms with E-state index in [4.69, 9.17) is 0 Å². The predicted octanol–water partition coefficient (Wildman–Crippen LogP) is 2.97. The molecule has 0 N–H and O–H groups in total. The first kappa shape index (κ1) is 19.8. The zero-order chi connectivity index (χ0) is 21.2. The standard InChI is InChI=1S/C22H26FN7O/c23-17-7-4-8-18(14-17)30-22-20(26-27-30)21(24-15-25-22)29-11-9-28(10-12-29)19(31)13-16-5-2-1-3-6-16/h4,7-8,14-16H,1-3,5-6,9-13H2. The minimum atomic E-state index is -0.343. The van der Waals surface area contributed by atoms with Gasteiger partial charge in [0, 0.05) is 32.6 Å². The Morgan fingerprint density at radius 3 is 2.65 bits per heavy atom. The van der Waals surface area contributed by atoms with Crippen LogP contribution in [0.25, 0.3) is 16.9 Å². The van der Waals surface area contributed by atoms with Crippen molar-refractivity contribution in [1.29, 1.82) is 0 Å². The van der Waals surface area contributed by atoms with Crippen LogP contribution in [0, 0.1) is 11.7 Å². The Kier molecular flexibility index (Phi) is 5.48. The van der Waals surface area contributed by atoms with Crippen LogP contribution < -0.4 is 4.90 Å². The highest BCUT2D eigenvalue weighted by Crippen LogP contribution is 2.28. The van der Waals surface area contributed by atoms with E-state index in [1.54, 1.807) is 12.1 Å². The summed E-state index contributed by atoms with van der Waals surface area (Å²) in [5.74, 6) is 1.19. The van der Waals surface area contributed by atoms with Crippen LogP contribution in [0.4, 0.5) is 10.2 Å². The highest BCUT2D eigenvalue weighted by Gasteiger charge is 2.26. The Bertz CT molecular complexity index is 1070. The number of carbonyl (C=O) groups excluding carboxylic acids is 1. The number of anilines is 1. The Balaban J connectivity index is 1.29. The van der Waals surface area contributed by atoms with E-state index in [2.05, 4.69) is 25.2 Å². The second kappa shape index (κ2) is 8.56. The van der Waals surface area contributed by atoms with Gasteiger partial charge in [-0.2, -0.15) is 4.68 Å². The summed E-state index contributed by atoms with van der Waals surface area (Å²) in [5, 5.41) is 8.45. The molecule has 3 aromatic rings. The molecule has 0 bridgehead atoms. The monoisotopic (exact) mass is 423 g/mol. The fraction of sp³-hybridized carbons (Fsp3) is 0.500. The molecule has 0 spiro atoms. The smallest absolute Gasteiger partial charge is 0.222 e. The van der Waals surface area contributed by atoms with E-state index < -0.39 is 0 Å². The third-order valence-corrected chi connectivity index (χ3v) is 6.39. The van der Waals surface area contributed by atoms with E-state index >= 15 is 0 Å². The number of carbonyl (C=O) groups is 1. The van der Waals surface area contributed by atoms with Gasteiger partial charge in [0.15, 0.2) is 17.0 Å². The quantitative estimate of drug-likeness (QED) is 0.642. The Morgan fingerprint density at radius 2 is 1.87 bits per heavy atom. The van der Waals surface area contributed by atoms with Gasteiger partial charge in [-0.25, -0.2) is 14.4 Å². The van der Waals surface area contributed by atoms with Crippen molar-refractivity contribution in [1.82, 2.24) is 29.9 Å². The lowest BCUT2D eigenvalue weighted by Crippen LogP contribution is -2.49. The fourth-order valence-corrected chi connectivity index (χ4v) is 4.68. The van der Waals surface area contributed by atoms with Crippen molar-refractivity contribution in [3.05, 3.63) is 36.4 Å². The number of hydrogen-bond acceptors (Lipinski definition) is 6. The number of amides is 1. The second-order valence-corrected chi connectivity index (χ2v) is 8.43. The largest absolute Gasteiger partial charge is 0.351 e. The summed E-state index contributed by atoms with van der Waals surface area (Å²) in [6, 6.07) is 6.17. The number of fused-ring (bicyclic) bond motifs is 1. The average molecular weight is 423 g/mol. The van der Waals surface area contributed by atoms with Crippen LogP contribution in [0.15, 0.2) is 30.6 Å². The minimum absolute atomic E-state index is 0.274. The maximum absolute atomic E-state index is 13.6. The summed E-state index contributed by atoms with van der Waals surface area (Å²) in [6.07, 6.45) is 8.35. The van der Waals surface area contributed by atoms with Gasteiger partial charge in [0.2, 0.25) is 5.91 Å². The van der Waals surface area contributed by atoms with Crippen LogP contribution in [-0.2, 0) is 4.79 Å². The fourth-order valence-electron chi connectivity index (χ4n) is 4.68. The molecule has 1 aliphatic carbocycles. The van der Waals surface area contributed by atoms with Crippen molar-refractivity contribution < 1.29 is 9.18 Å². The van der Waals surface area contributed by atoms with Gasteiger partial charge < -0.3 is 9.80 Å². The number of piperazine rings is 1. The van der Waals surface area contributed by atoms with Gasteiger partial charge in [-0.15, -0.1) is 5.10 Å². The van der Waals surface area contributed by atoms with Gasteiger partial charge in [0.25, 0.3) is 0 Å². The third-order valence-electron chi connectivity index (χ3n) is 6.39. The molecule has 162 valence electrons. The molecule has 9 heteroatoms. The normalized spacial score (nSPS) is 18.0. The lowest BCUT2D eigenvalue weighted by Gasteiger charge is -2.36. The molecule has 0 unspecified atom stereocenters. The molecule has 2 aromatic heterocycles. The summed E-state index contributed by atoms with van der Waals surface area (Å²) in [7, 11) is 0. The molecule has 2 fully saturated rings. The second-order valence-electron chi connectivity index (χ2n) is 8.43. The van der Waals surface area contributed by atoms with Crippen molar-refractivity contribution >= 4 is 22.9 Å². The van der Waals surface area contributed by atoms with E-state index in [0.29, 0.717) is 61.2 Å². The van der Waals surface area contributed by atoms with Crippen molar-refractivity contribution in [3.63, 3.8) is 0 Å². The number of rotatable bonds is 4. The van der Waals surface area contributed by atoms with Gasteiger partial charge in [-0.3, -0.25) is 4.79 Å². The zero-order valence-corrected chi connectivity index (χ0v) is 17.5. The molecule has 31 heavy (non-hydrogen) atoms. The van der Waals surface area contributed by atoms with Crippen LogP contribution in [0.1, 0.15) is 38.5 Å². The molecule has 1 saturated carbocycles. The van der Waals surface area contributed by atoms with Crippen LogP contribution in [-0.4, -0.2) is 61.9 Å². The highest BCUT2D eigenvalue weighted by molar-refractivity contribution is 5.84. The minimum Gasteiger partial charge on any atom is -0.351 e. The van der Waals surface area contributed by atoms with E-state index in [0.717, 1.165) is 0 Å². The van der Waals surface area contributed by atoms with Gasteiger partial charge in [0.05, 0.1) is 5.69 Å². The first-order chi connectivity index (χ1) is 15.2. The van der Waals surface area contributed by atoms with Crippen molar-refractivity contribution in [2.24, 2.45) is 5.92 Å². The first-order valence-corrected chi connectivity index (χ1v) is 11.0. The van der Waals surface area contributed by atoms with Crippen molar-refractivity contribution in [3.8, 4) is 5.69 Å². The molecule has 1 saturated heterocycles. The van der Waals surface area contributed by atoms with Crippen LogP contribution >= 0.6 is 0 Å². The number of halogens is 1. The van der Waals surface area contributed by atoms with Gasteiger partial charge >= 0.3 is 0 Å². The van der Waals surface area contributed by atoms with E-state index in [-0.39, 0.29) is 11.7 Å². The van der Waals surface area contributed by atoms with Gasteiger partial charge in [0.1, 0.15) is 12.1 Å². The molecule has 1 amide bonds. The maximum atomic E-state index is 13.6. The van der Waals surface area contributed by atoms with E-state index in [1.165, 1.54) is 55.2 Å². The Hall–Kier alpha value is -3.10. The predicted molar refractivity (Wildman–Crippen MR) is 114 cm³/mol. The lowest BCUT2D eigenvalue weighted by molar-refractivity contribution is -0.132. The number of aromatic nitrogens is 5. The van der Waals surface area contributed by atoms with Crippen LogP contribution in [0.3, 0.4) is 0 Å². The van der Waals surface area contributed by atoms with Crippen molar-refractivity contribution in [2.75, 3.05) is 31.1 Å². The summed E-state index contributed by atoms with van der Waals surface area (Å²) < 4.78 is 15.2. The molecule has 5 rings (SSSR count). The molecular weight excluding hydrogens is 397 g/mol. The Morgan fingerprint density at radius 1 is 1.06 bits per heavy atom. The summed E-state index contributed by atoms with van der Waals surface area (Å²) in [4.78, 5) is 25.6. The van der Waals surface area contributed by atoms with Crippen molar-refractivity contribution in [2.45, 2.75) is 38.5 Å². The number of hydrogen-bond donors (Lipinski definition) is 0. The molecule has 3 heterocycles. The van der Waals surface area contributed by atoms with Crippen LogP contribution in [0.2, 0.25) is 0 Å². The maximum Gasteiger partial charge on any atom is 0.222 e. The average Bonchev–Trinajstić information content (AvgIpc) is 3.24. The summed E-state index contributed by atoms with van der Waals surface area (Å²) in [5.41, 5.74) is 1.67. The van der Waals surface area contributed by atoms with E-state index in [1.807, 2.05) is 4.90 Å². The van der Waals surface area contributed by atoms with Gasteiger partial charge in [-0.05, 0) is 37.0 Å². The van der Waals surface area contributed by atoms with E-state index in [9.17, 15) is 9.18 Å². The topological polar surface area (TPSA) is 80.0 Å². The molecule has 8 nitrogen and oxygen atoms in total. The number of benzene rings is 1. The highest BCUT2D eigenvalue weighted by atomic mass is 19.1. The first-order valence-electron chi connectivity index (χ1n) is 11.0. The molecule has 1 aromatic carbocycles. The molecular formula is C22H26FN7O. The molecule has 0 atom stereocenters. The third kappa shape index (κ3) is 4.08. The summed E-state index contributed by atoms with van der Waals surface area (Å²) in [6.45, 7) is 2.73. The Labute approximate surface area is 180 Å². The molecule has 0 radical (unpaired) electrons. The van der Waals surface area contributed by atoms with Gasteiger partial charge in [-0.1, -0.05) is 30.5 Å². The molecule has 1 aliphatic heterocycles. The van der Waals surface area contributed by atoms with Crippen LogP contribution in [0.5, 0.6) is 0 Å². The summed E-state index contributed by atoms with van der Waals surface area (Å²) >= 11 is 0.